The van der Waals surface area contributed by atoms with Crippen LogP contribution in [-0.4, -0.2) is 22.0 Å². The fraction of sp³-hybridized carbons (Fsp3) is 0.308. The van der Waals surface area contributed by atoms with Crippen LogP contribution >= 0.6 is 22.7 Å². The molecule has 2 aromatic rings. The van der Waals surface area contributed by atoms with Gasteiger partial charge in [0.2, 0.25) is 0 Å². The van der Waals surface area contributed by atoms with Gasteiger partial charge >= 0.3 is 5.97 Å². The molecule has 0 aliphatic heterocycles. The molecule has 7 heteroatoms. The number of rotatable bonds is 5. The van der Waals surface area contributed by atoms with Crippen molar-refractivity contribution in [2.45, 2.75) is 26.3 Å². The Labute approximate surface area is 124 Å². The molecule has 1 unspecified atom stereocenters. The van der Waals surface area contributed by atoms with E-state index < -0.39 is 5.97 Å². The zero-order valence-corrected chi connectivity index (χ0v) is 12.7. The molecule has 2 rings (SSSR count). The Balaban J connectivity index is 2.04. The van der Waals surface area contributed by atoms with Crippen molar-refractivity contribution >= 4 is 34.6 Å². The summed E-state index contributed by atoms with van der Waals surface area (Å²) < 4.78 is 0. The van der Waals surface area contributed by atoms with Gasteiger partial charge in [-0.1, -0.05) is 6.92 Å². The molecule has 0 saturated heterocycles. The predicted octanol–water partition coefficient (Wildman–Crippen LogP) is 2.96. The van der Waals surface area contributed by atoms with E-state index >= 15 is 0 Å². The topological polar surface area (TPSA) is 79.3 Å². The van der Waals surface area contributed by atoms with Gasteiger partial charge in [-0.2, -0.15) is 0 Å². The Morgan fingerprint density at radius 1 is 1.35 bits per heavy atom. The molecule has 2 N–H and O–H groups in total. The molecule has 1 amide bonds. The lowest BCUT2D eigenvalue weighted by atomic mass is 10.3. The van der Waals surface area contributed by atoms with E-state index in [2.05, 4.69) is 17.2 Å². The second kappa shape index (κ2) is 6.15. The van der Waals surface area contributed by atoms with E-state index in [9.17, 15) is 9.59 Å². The fourth-order valence-electron chi connectivity index (χ4n) is 1.59. The summed E-state index contributed by atoms with van der Waals surface area (Å²) >= 11 is 2.54. The summed E-state index contributed by atoms with van der Waals surface area (Å²) in [5.41, 5.74) is 0. The Hall–Kier alpha value is -1.73. The number of aromatic carboxylic acids is 1. The summed E-state index contributed by atoms with van der Waals surface area (Å²) in [6, 6.07) is 2.77. The zero-order valence-electron chi connectivity index (χ0n) is 11.0. The lowest BCUT2D eigenvalue weighted by Gasteiger charge is -2.09. The van der Waals surface area contributed by atoms with E-state index in [1.807, 2.05) is 13.1 Å². The van der Waals surface area contributed by atoms with Crippen molar-refractivity contribution in [1.29, 1.82) is 0 Å². The van der Waals surface area contributed by atoms with Crippen LogP contribution in [0.2, 0.25) is 0 Å². The minimum Gasteiger partial charge on any atom is -0.477 e. The third kappa shape index (κ3) is 3.23. The Morgan fingerprint density at radius 2 is 2.05 bits per heavy atom. The van der Waals surface area contributed by atoms with E-state index in [0.717, 1.165) is 22.8 Å². The molecular weight excluding hydrogens is 296 g/mol. The molecule has 0 aromatic carbocycles. The number of carbonyl (C=O) groups excluding carboxylic acids is 1. The summed E-state index contributed by atoms with van der Waals surface area (Å²) in [4.78, 5) is 28.8. The average Bonchev–Trinajstić information content (AvgIpc) is 3.07. The minimum atomic E-state index is -1.02. The highest BCUT2D eigenvalue weighted by atomic mass is 32.1. The molecule has 0 spiro atoms. The van der Waals surface area contributed by atoms with Crippen LogP contribution < -0.4 is 5.32 Å². The largest absolute Gasteiger partial charge is 0.477 e. The predicted molar refractivity (Wildman–Crippen MR) is 78.7 cm³/mol. The van der Waals surface area contributed by atoms with Crippen LogP contribution in [-0.2, 0) is 6.42 Å². The van der Waals surface area contributed by atoms with Crippen LogP contribution in [0, 0.1) is 0 Å². The van der Waals surface area contributed by atoms with Crippen molar-refractivity contribution in [3.05, 3.63) is 38.0 Å². The van der Waals surface area contributed by atoms with Gasteiger partial charge in [-0.3, -0.25) is 4.79 Å². The van der Waals surface area contributed by atoms with Crippen molar-refractivity contribution in [3.63, 3.8) is 0 Å². The average molecular weight is 310 g/mol. The van der Waals surface area contributed by atoms with Crippen LogP contribution in [0.4, 0.5) is 0 Å². The van der Waals surface area contributed by atoms with E-state index in [-0.39, 0.29) is 16.8 Å². The van der Waals surface area contributed by atoms with Gasteiger partial charge in [0.15, 0.2) is 0 Å². The Kier molecular flexibility index (Phi) is 4.51. The maximum atomic E-state index is 12.0. The maximum absolute atomic E-state index is 12.0. The van der Waals surface area contributed by atoms with Crippen molar-refractivity contribution < 1.29 is 14.7 Å². The quantitative estimate of drug-likeness (QED) is 0.890. The van der Waals surface area contributed by atoms with E-state index in [0.29, 0.717) is 4.88 Å². The number of carboxylic acid groups (broad SMARTS) is 1. The maximum Gasteiger partial charge on any atom is 0.345 e. The number of carboxylic acids is 1. The number of carbonyl (C=O) groups is 2. The lowest BCUT2D eigenvalue weighted by Crippen LogP contribution is -2.25. The first-order valence-corrected chi connectivity index (χ1v) is 7.73. The van der Waals surface area contributed by atoms with Gasteiger partial charge in [0.25, 0.3) is 5.91 Å². The summed E-state index contributed by atoms with van der Waals surface area (Å²) in [7, 11) is 0. The molecule has 0 fully saturated rings. The smallest absolute Gasteiger partial charge is 0.345 e. The number of aryl methyl sites for hydroxylation is 1. The molecular formula is C13H14N2O3S2. The lowest BCUT2D eigenvalue weighted by molar-refractivity contribution is 0.0702. The van der Waals surface area contributed by atoms with Gasteiger partial charge in [0, 0.05) is 11.1 Å². The number of aromatic nitrogens is 1. The zero-order chi connectivity index (χ0) is 14.7. The molecule has 2 heterocycles. The normalized spacial score (nSPS) is 12.1. The minimum absolute atomic E-state index is 0.158. The SMILES string of the molecule is CCc1cnc(C(C)NC(=O)c2ccc(C(=O)O)s2)s1. The van der Waals surface area contributed by atoms with E-state index in [4.69, 9.17) is 5.11 Å². The second-order valence-electron chi connectivity index (χ2n) is 4.18. The van der Waals surface area contributed by atoms with Crippen molar-refractivity contribution in [2.24, 2.45) is 0 Å². The molecule has 20 heavy (non-hydrogen) atoms. The molecule has 0 saturated carbocycles. The third-order valence-electron chi connectivity index (χ3n) is 2.68. The number of nitrogens with zero attached hydrogens (tertiary/aromatic N) is 1. The van der Waals surface area contributed by atoms with Crippen LogP contribution in [0.1, 0.15) is 49.1 Å². The summed E-state index contributed by atoms with van der Waals surface area (Å²) in [5, 5.41) is 12.5. The van der Waals surface area contributed by atoms with Gasteiger partial charge < -0.3 is 10.4 Å². The van der Waals surface area contributed by atoms with Crippen molar-refractivity contribution in [3.8, 4) is 0 Å². The van der Waals surface area contributed by atoms with Crippen LogP contribution in [0.25, 0.3) is 0 Å². The Bertz CT molecular complexity index is 633. The highest BCUT2D eigenvalue weighted by Gasteiger charge is 2.17. The number of amides is 1. The third-order valence-corrected chi connectivity index (χ3v) is 5.07. The number of thiophene rings is 1. The molecule has 0 aliphatic rings. The number of hydrogen-bond acceptors (Lipinski definition) is 5. The van der Waals surface area contributed by atoms with E-state index in [1.165, 1.54) is 17.0 Å². The second-order valence-corrected chi connectivity index (χ2v) is 6.41. The van der Waals surface area contributed by atoms with Gasteiger partial charge in [-0.05, 0) is 25.5 Å². The Morgan fingerprint density at radius 3 is 2.60 bits per heavy atom. The molecule has 2 aromatic heterocycles. The van der Waals surface area contributed by atoms with Crippen molar-refractivity contribution in [2.75, 3.05) is 0 Å². The van der Waals surface area contributed by atoms with Gasteiger partial charge in [-0.25, -0.2) is 9.78 Å². The molecule has 0 aliphatic carbocycles. The van der Waals surface area contributed by atoms with E-state index in [1.54, 1.807) is 11.3 Å². The number of thiazole rings is 1. The van der Waals surface area contributed by atoms with Gasteiger partial charge in [0.05, 0.1) is 10.9 Å². The molecule has 106 valence electrons. The standard InChI is InChI=1S/C13H14N2O3S2/c1-3-8-6-14-12(19-8)7(2)15-11(16)9-4-5-10(20-9)13(17)18/h4-7H,3H2,1-2H3,(H,15,16)(H,17,18). The first-order chi connectivity index (χ1) is 9.51. The molecule has 0 bridgehead atoms. The van der Waals surface area contributed by atoms with Crippen LogP contribution in [0.5, 0.6) is 0 Å². The van der Waals surface area contributed by atoms with Crippen molar-refractivity contribution in [1.82, 2.24) is 10.3 Å². The van der Waals surface area contributed by atoms with Gasteiger partial charge in [-0.15, -0.1) is 22.7 Å². The molecule has 1 atom stereocenters. The fourth-order valence-corrected chi connectivity index (χ4v) is 3.20. The summed E-state index contributed by atoms with van der Waals surface area (Å²) in [5.74, 6) is -1.29. The highest BCUT2D eigenvalue weighted by molar-refractivity contribution is 7.15. The molecule has 5 nitrogen and oxygen atoms in total. The monoisotopic (exact) mass is 310 g/mol. The number of nitrogens with one attached hydrogen (secondary N) is 1. The number of hydrogen-bond donors (Lipinski definition) is 2. The summed E-state index contributed by atoms with van der Waals surface area (Å²) in [6.07, 6.45) is 2.74. The first kappa shape index (κ1) is 14.7. The first-order valence-electron chi connectivity index (χ1n) is 6.09. The summed E-state index contributed by atoms with van der Waals surface area (Å²) in [6.45, 7) is 3.92. The van der Waals surface area contributed by atoms with Crippen LogP contribution in [0.15, 0.2) is 18.3 Å². The highest BCUT2D eigenvalue weighted by Crippen LogP contribution is 2.22. The van der Waals surface area contributed by atoms with Crippen LogP contribution in [0.3, 0.4) is 0 Å². The molecule has 0 radical (unpaired) electrons. The van der Waals surface area contributed by atoms with Gasteiger partial charge in [0.1, 0.15) is 9.88 Å².